The Kier molecular flexibility index (Phi) is 129. The van der Waals surface area contributed by atoms with E-state index >= 15 is 0 Å². The van der Waals surface area contributed by atoms with Gasteiger partial charge in [-0.25, -0.2) is 0 Å². The molecule has 0 aromatic heterocycles. The molecule has 0 bridgehead atoms. The second-order valence-corrected chi connectivity index (χ2v) is 0. The van der Waals surface area contributed by atoms with E-state index in [4.69, 9.17) is 0 Å². The van der Waals surface area contributed by atoms with Crippen molar-refractivity contribution in [2.45, 2.75) is 0 Å². The summed E-state index contributed by atoms with van der Waals surface area (Å²) < 4.78 is 0. The van der Waals surface area contributed by atoms with Crippen LogP contribution in [0.3, 0.4) is 0 Å². The summed E-state index contributed by atoms with van der Waals surface area (Å²) in [5.41, 5.74) is 0. The summed E-state index contributed by atoms with van der Waals surface area (Å²) in [4.78, 5) is 0. The molecule has 0 amide bonds. The Labute approximate surface area is 77.4 Å². The maximum atomic E-state index is 0. The number of hydrogen-bond acceptors (Lipinski definition) is 0. The molecule has 0 aromatic carbocycles. The van der Waals surface area contributed by atoms with Crippen molar-refractivity contribution in [1.82, 2.24) is 0 Å². The molecule has 0 aliphatic rings. The fraction of sp³-hybridized carbons (Fsp3) is 0. The van der Waals surface area contributed by atoms with Crippen LogP contribution in [-0.4, -0.2) is 68.6 Å². The van der Waals surface area contributed by atoms with Crippen LogP contribution in [0.2, 0.25) is 0 Å². The van der Waals surface area contributed by atoms with Crippen molar-refractivity contribution in [2.24, 2.45) is 0 Å². The Morgan fingerprint density at radius 3 is 1.00 bits per heavy atom. The molecule has 4 heteroatoms. The molecule has 0 fully saturated rings. The molecule has 0 spiro atoms. The third kappa shape index (κ3) is 8.83. The quantitative estimate of drug-likeness (QED) is 0.333. The fourth-order valence-electron chi connectivity index (χ4n) is 0. The summed E-state index contributed by atoms with van der Waals surface area (Å²) in [6.07, 6.45) is 0. The third-order valence-electron chi connectivity index (χ3n) is 0. The normalized spacial score (nSPS) is 0. The molecule has 1 atom stereocenters. The van der Waals surface area contributed by atoms with Gasteiger partial charge in [0.15, 0.2) is 0 Å². The standard InChI is InChI=1S/As.Bi.H3P.Sb/h;;1H3;. The van der Waals surface area contributed by atoms with Crippen LogP contribution in [0.25, 0.3) is 0 Å². The average Bonchev–Trinajstić information content (AvgIpc) is 0. The van der Waals surface area contributed by atoms with Gasteiger partial charge in [0.1, 0.15) is 0 Å². The molecule has 9 radical (unpaired) electrons. The van der Waals surface area contributed by atoms with Gasteiger partial charge >= 0.3 is 0 Å². The maximum absolute atomic E-state index is 0. The van der Waals surface area contributed by atoms with Gasteiger partial charge in [0.05, 0.1) is 0 Å². The summed E-state index contributed by atoms with van der Waals surface area (Å²) in [6.45, 7) is 0. The zero-order chi connectivity index (χ0) is 0. The van der Waals surface area contributed by atoms with E-state index in [-0.39, 0.29) is 78.5 Å². The van der Waals surface area contributed by atoms with E-state index in [1.807, 2.05) is 0 Å². The largest absolute Gasteiger partial charge is 0.153 e. The Balaban J connectivity index is 0. The first-order chi connectivity index (χ1) is 0. The van der Waals surface area contributed by atoms with Gasteiger partial charge in [0.2, 0.25) is 0 Å². The van der Waals surface area contributed by atoms with E-state index in [1.54, 1.807) is 0 Å². The summed E-state index contributed by atoms with van der Waals surface area (Å²) >= 11 is 0. The van der Waals surface area contributed by atoms with Crippen LogP contribution in [0.15, 0.2) is 0 Å². The average molecular weight is 440 g/mol. The molecule has 0 aliphatic heterocycles. The predicted octanol–water partition coefficient (Wildman–Crippen LogP) is -1.08. The second-order valence-electron chi connectivity index (χ2n) is 0. The van der Waals surface area contributed by atoms with Gasteiger partial charge in [0.25, 0.3) is 0 Å². The van der Waals surface area contributed by atoms with Gasteiger partial charge in [-0.1, -0.05) is 0 Å². The van der Waals surface area contributed by atoms with Crippen molar-refractivity contribution in [3.8, 4) is 0 Å². The molecule has 0 rings (SSSR count). The van der Waals surface area contributed by atoms with Gasteiger partial charge in [-0.05, 0) is 0 Å². The van der Waals surface area contributed by atoms with Crippen LogP contribution in [0.1, 0.15) is 0 Å². The maximum Gasteiger partial charge on any atom is 0 e. The third-order valence-corrected chi connectivity index (χ3v) is 0. The van der Waals surface area contributed by atoms with Crippen molar-refractivity contribution >= 4 is 78.5 Å². The first kappa shape index (κ1) is 29.9. The monoisotopic (exact) mass is 439 g/mol. The minimum Gasteiger partial charge on any atom is -0.153 e. The summed E-state index contributed by atoms with van der Waals surface area (Å²) in [5, 5.41) is 0. The molecule has 1 unspecified atom stereocenters. The molecular weight excluding hydrogens is 437 g/mol. The Bertz CT molecular complexity index is 8.00. The molecule has 0 aromatic rings. The van der Waals surface area contributed by atoms with Crippen LogP contribution in [-0.2, 0) is 0 Å². The van der Waals surface area contributed by atoms with E-state index in [0.717, 1.165) is 0 Å². The van der Waals surface area contributed by atoms with Gasteiger partial charge in [-0.2, -0.15) is 9.90 Å². The fourth-order valence-corrected chi connectivity index (χ4v) is 0. The van der Waals surface area contributed by atoms with Crippen LogP contribution < -0.4 is 0 Å². The minimum absolute atomic E-state index is 0. The van der Waals surface area contributed by atoms with Crippen LogP contribution in [0, 0.1) is 0 Å². The van der Waals surface area contributed by atoms with Crippen molar-refractivity contribution < 1.29 is 0 Å². The number of rotatable bonds is 0. The predicted molar refractivity (Wildman–Crippen MR) is 28.4 cm³/mol. The summed E-state index contributed by atoms with van der Waals surface area (Å²) in [7, 11) is 0. The van der Waals surface area contributed by atoms with E-state index < -0.39 is 0 Å². The Morgan fingerprint density at radius 1 is 1.00 bits per heavy atom. The molecule has 23 valence electrons. The van der Waals surface area contributed by atoms with E-state index in [2.05, 4.69) is 0 Å². The van der Waals surface area contributed by atoms with Crippen LogP contribution in [0.4, 0.5) is 0 Å². The van der Waals surface area contributed by atoms with Crippen molar-refractivity contribution in [1.29, 1.82) is 0 Å². The minimum atomic E-state index is 0. The molecule has 0 N–H and O–H groups in total. The summed E-state index contributed by atoms with van der Waals surface area (Å²) in [5.74, 6) is 0. The van der Waals surface area contributed by atoms with Gasteiger partial charge in [0, 0.05) is 68.6 Å². The van der Waals surface area contributed by atoms with E-state index in [1.165, 1.54) is 0 Å². The van der Waals surface area contributed by atoms with Crippen LogP contribution in [0.5, 0.6) is 0 Å². The molecular formula is H3AsBiPSb. The topological polar surface area (TPSA) is 0 Å². The first-order valence-corrected chi connectivity index (χ1v) is 0. The first-order valence-electron chi connectivity index (χ1n) is 0. The van der Waals surface area contributed by atoms with E-state index in [9.17, 15) is 0 Å². The smallest absolute Gasteiger partial charge is 0 e. The van der Waals surface area contributed by atoms with Gasteiger partial charge in [-0.15, -0.1) is 0 Å². The van der Waals surface area contributed by atoms with Crippen molar-refractivity contribution in [2.75, 3.05) is 0 Å². The Hall–Kier alpha value is 2.69. The zero-order valence-corrected chi connectivity index (χ0v) is 11.4. The SMILES string of the molecule is P.[As].[Bi].[Sb]. The van der Waals surface area contributed by atoms with E-state index in [0.29, 0.717) is 0 Å². The molecule has 0 saturated heterocycles. The van der Waals surface area contributed by atoms with Gasteiger partial charge in [-0.3, -0.25) is 0 Å². The van der Waals surface area contributed by atoms with Crippen molar-refractivity contribution in [3.63, 3.8) is 0 Å². The van der Waals surface area contributed by atoms with Crippen molar-refractivity contribution in [3.05, 3.63) is 0 Å². The Morgan fingerprint density at radius 2 is 1.00 bits per heavy atom. The van der Waals surface area contributed by atoms with Gasteiger partial charge < -0.3 is 0 Å². The number of hydrogen-bond donors (Lipinski definition) is 0. The molecule has 0 heterocycles. The molecule has 0 saturated carbocycles. The molecule has 0 nitrogen and oxygen atoms in total. The second kappa shape index (κ2) is 17.3. The summed E-state index contributed by atoms with van der Waals surface area (Å²) in [6, 6.07) is 0. The molecule has 4 heavy (non-hydrogen) atoms. The molecule has 0 aliphatic carbocycles. The van der Waals surface area contributed by atoms with Crippen LogP contribution >= 0.6 is 9.90 Å². The zero-order valence-electron chi connectivity index (χ0n) is 2.05.